The summed E-state index contributed by atoms with van der Waals surface area (Å²) in [7, 11) is 0. The fourth-order valence-corrected chi connectivity index (χ4v) is 2.44. The van der Waals surface area contributed by atoms with Crippen LogP contribution in [0.1, 0.15) is 11.3 Å². The minimum atomic E-state index is 0.928. The lowest BCUT2D eigenvalue weighted by Gasteiger charge is -2.10. The number of fused-ring (bicyclic) bond motifs is 1. The van der Waals surface area contributed by atoms with Crippen LogP contribution < -0.4 is 5.32 Å². The molecule has 0 amide bonds. The first-order valence-electron chi connectivity index (χ1n) is 6.97. The Bertz CT molecular complexity index is 705. The summed E-state index contributed by atoms with van der Waals surface area (Å²) in [5, 5.41) is 4.72. The molecule has 0 radical (unpaired) electrons. The van der Waals surface area contributed by atoms with Gasteiger partial charge in [-0.3, -0.25) is 4.98 Å². The number of nitrogens with one attached hydrogen (secondary N) is 1. The summed E-state index contributed by atoms with van der Waals surface area (Å²) in [4.78, 5) is 4.56. The number of aromatic nitrogens is 1. The molecule has 2 nitrogen and oxygen atoms in total. The Labute approximate surface area is 119 Å². The SMILES string of the molecule is Cc1cc(NCCc2ccccc2)c2ccccc2n1. The second kappa shape index (κ2) is 5.74. The minimum Gasteiger partial charge on any atom is -0.384 e. The average Bonchev–Trinajstić information content (AvgIpc) is 2.48. The first kappa shape index (κ1) is 12.7. The number of aryl methyl sites for hydroxylation is 1. The van der Waals surface area contributed by atoms with E-state index in [2.05, 4.69) is 64.9 Å². The predicted molar refractivity (Wildman–Crippen MR) is 85.1 cm³/mol. The molecule has 1 aromatic heterocycles. The summed E-state index contributed by atoms with van der Waals surface area (Å²) in [6.07, 6.45) is 1.02. The number of pyridine rings is 1. The summed E-state index contributed by atoms with van der Waals surface area (Å²) >= 11 is 0. The Morgan fingerprint density at radius 1 is 0.950 bits per heavy atom. The van der Waals surface area contributed by atoms with Crippen LogP contribution in [0.15, 0.2) is 60.7 Å². The first-order valence-corrected chi connectivity index (χ1v) is 6.97. The lowest BCUT2D eigenvalue weighted by molar-refractivity contribution is 1.02. The normalized spacial score (nSPS) is 10.7. The van der Waals surface area contributed by atoms with Gasteiger partial charge in [-0.25, -0.2) is 0 Å². The third-order valence-corrected chi connectivity index (χ3v) is 3.42. The van der Waals surface area contributed by atoms with Crippen molar-refractivity contribution in [3.63, 3.8) is 0 Å². The third kappa shape index (κ3) is 2.80. The second-order valence-electron chi connectivity index (χ2n) is 4.99. The lowest BCUT2D eigenvalue weighted by Crippen LogP contribution is -2.06. The molecule has 0 atom stereocenters. The molecule has 0 unspecified atom stereocenters. The zero-order valence-corrected chi connectivity index (χ0v) is 11.6. The molecule has 3 rings (SSSR count). The summed E-state index contributed by atoms with van der Waals surface area (Å²) in [5.41, 5.74) is 4.62. The van der Waals surface area contributed by atoms with Crippen molar-refractivity contribution >= 4 is 16.6 Å². The fourth-order valence-electron chi connectivity index (χ4n) is 2.44. The summed E-state index contributed by atoms with van der Waals surface area (Å²) in [6.45, 7) is 2.96. The number of hydrogen-bond donors (Lipinski definition) is 1. The van der Waals surface area contributed by atoms with Crippen molar-refractivity contribution in [2.45, 2.75) is 13.3 Å². The van der Waals surface area contributed by atoms with E-state index in [0.29, 0.717) is 0 Å². The van der Waals surface area contributed by atoms with E-state index in [1.165, 1.54) is 16.6 Å². The molecule has 2 aromatic carbocycles. The van der Waals surface area contributed by atoms with Crippen LogP contribution in [-0.2, 0) is 6.42 Å². The molecular formula is C18H18N2. The number of hydrogen-bond acceptors (Lipinski definition) is 2. The predicted octanol–water partition coefficient (Wildman–Crippen LogP) is 4.20. The van der Waals surface area contributed by atoms with Gasteiger partial charge in [0.2, 0.25) is 0 Å². The van der Waals surface area contributed by atoms with Crippen LogP contribution in [0.5, 0.6) is 0 Å². The third-order valence-electron chi connectivity index (χ3n) is 3.42. The van der Waals surface area contributed by atoms with Gasteiger partial charge in [-0.2, -0.15) is 0 Å². The smallest absolute Gasteiger partial charge is 0.0725 e. The quantitative estimate of drug-likeness (QED) is 0.762. The summed E-state index contributed by atoms with van der Waals surface area (Å²) < 4.78 is 0. The maximum Gasteiger partial charge on any atom is 0.0725 e. The van der Waals surface area contributed by atoms with Crippen LogP contribution in [0, 0.1) is 6.92 Å². The Morgan fingerprint density at radius 2 is 1.70 bits per heavy atom. The molecule has 0 spiro atoms. The van der Waals surface area contributed by atoms with Gasteiger partial charge in [0.05, 0.1) is 5.52 Å². The van der Waals surface area contributed by atoms with Gasteiger partial charge in [0.15, 0.2) is 0 Å². The zero-order valence-electron chi connectivity index (χ0n) is 11.6. The number of nitrogens with zero attached hydrogens (tertiary/aromatic N) is 1. The highest BCUT2D eigenvalue weighted by atomic mass is 14.9. The van der Waals surface area contributed by atoms with E-state index in [4.69, 9.17) is 0 Å². The van der Waals surface area contributed by atoms with Gasteiger partial charge in [-0.1, -0.05) is 48.5 Å². The topological polar surface area (TPSA) is 24.9 Å². The van der Waals surface area contributed by atoms with Crippen LogP contribution in [0.2, 0.25) is 0 Å². The molecule has 0 saturated heterocycles. The van der Waals surface area contributed by atoms with E-state index in [1.54, 1.807) is 0 Å². The van der Waals surface area contributed by atoms with Gasteiger partial charge in [-0.05, 0) is 31.0 Å². The number of para-hydroxylation sites is 1. The molecule has 20 heavy (non-hydrogen) atoms. The maximum atomic E-state index is 4.56. The number of rotatable bonds is 4. The molecule has 0 saturated carbocycles. The van der Waals surface area contributed by atoms with Crippen molar-refractivity contribution in [3.8, 4) is 0 Å². The molecule has 0 bridgehead atoms. The Kier molecular flexibility index (Phi) is 3.64. The standard InChI is InChI=1S/C18H18N2/c1-14-13-18(16-9-5-6-10-17(16)20-14)19-12-11-15-7-3-2-4-8-15/h2-10,13H,11-12H2,1H3,(H,19,20). The van der Waals surface area contributed by atoms with Gasteiger partial charge in [0.25, 0.3) is 0 Å². The highest BCUT2D eigenvalue weighted by molar-refractivity contribution is 5.91. The van der Waals surface area contributed by atoms with Gasteiger partial charge in [0, 0.05) is 23.3 Å². The van der Waals surface area contributed by atoms with Crippen molar-refractivity contribution < 1.29 is 0 Å². The monoisotopic (exact) mass is 262 g/mol. The van der Waals surface area contributed by atoms with Crippen molar-refractivity contribution in [2.24, 2.45) is 0 Å². The number of benzene rings is 2. The summed E-state index contributed by atoms with van der Waals surface area (Å²) in [6, 6.07) is 20.9. The van der Waals surface area contributed by atoms with Crippen LogP contribution in [0.3, 0.4) is 0 Å². The average molecular weight is 262 g/mol. The van der Waals surface area contributed by atoms with Crippen LogP contribution >= 0.6 is 0 Å². The molecule has 0 aliphatic rings. The van der Waals surface area contributed by atoms with Crippen LogP contribution in [0.4, 0.5) is 5.69 Å². The van der Waals surface area contributed by atoms with Crippen molar-refractivity contribution in [1.82, 2.24) is 4.98 Å². The Hall–Kier alpha value is -2.35. The second-order valence-corrected chi connectivity index (χ2v) is 4.99. The Balaban J connectivity index is 1.77. The van der Waals surface area contributed by atoms with Crippen LogP contribution in [0.25, 0.3) is 10.9 Å². The first-order chi connectivity index (χ1) is 9.83. The number of anilines is 1. The van der Waals surface area contributed by atoms with E-state index in [-0.39, 0.29) is 0 Å². The molecule has 1 N–H and O–H groups in total. The molecule has 0 aliphatic heterocycles. The molecule has 3 aromatic rings. The van der Waals surface area contributed by atoms with Crippen molar-refractivity contribution in [1.29, 1.82) is 0 Å². The van der Waals surface area contributed by atoms with E-state index in [0.717, 1.165) is 24.2 Å². The highest BCUT2D eigenvalue weighted by Gasteiger charge is 2.02. The lowest BCUT2D eigenvalue weighted by atomic mass is 10.1. The molecule has 1 heterocycles. The largest absolute Gasteiger partial charge is 0.384 e. The molecule has 2 heteroatoms. The van der Waals surface area contributed by atoms with Gasteiger partial charge >= 0.3 is 0 Å². The summed E-state index contributed by atoms with van der Waals surface area (Å²) in [5.74, 6) is 0. The molecule has 0 aliphatic carbocycles. The van der Waals surface area contributed by atoms with Crippen LogP contribution in [-0.4, -0.2) is 11.5 Å². The van der Waals surface area contributed by atoms with E-state index in [1.807, 2.05) is 13.0 Å². The maximum absolute atomic E-state index is 4.56. The van der Waals surface area contributed by atoms with Crippen molar-refractivity contribution in [3.05, 3.63) is 71.9 Å². The minimum absolute atomic E-state index is 0.928. The van der Waals surface area contributed by atoms with E-state index < -0.39 is 0 Å². The van der Waals surface area contributed by atoms with Gasteiger partial charge < -0.3 is 5.32 Å². The van der Waals surface area contributed by atoms with Gasteiger partial charge in [-0.15, -0.1) is 0 Å². The highest BCUT2D eigenvalue weighted by Crippen LogP contribution is 2.22. The molecular weight excluding hydrogens is 244 g/mol. The van der Waals surface area contributed by atoms with E-state index in [9.17, 15) is 0 Å². The van der Waals surface area contributed by atoms with Gasteiger partial charge in [0.1, 0.15) is 0 Å². The van der Waals surface area contributed by atoms with E-state index >= 15 is 0 Å². The molecule has 0 fully saturated rings. The Morgan fingerprint density at radius 3 is 2.55 bits per heavy atom. The fraction of sp³-hybridized carbons (Fsp3) is 0.167. The molecule has 100 valence electrons. The zero-order chi connectivity index (χ0) is 13.8. The van der Waals surface area contributed by atoms with Crippen molar-refractivity contribution in [2.75, 3.05) is 11.9 Å².